The summed E-state index contributed by atoms with van der Waals surface area (Å²) in [4.78, 5) is 30.1. The number of amides is 1. The van der Waals surface area contributed by atoms with Crippen molar-refractivity contribution in [3.8, 4) is 11.3 Å². The number of hydrogen-bond acceptors (Lipinski definition) is 4. The number of nitrogens with zero attached hydrogens (tertiary/aromatic N) is 1. The lowest BCUT2D eigenvalue weighted by molar-refractivity contribution is -0.117. The number of benzene rings is 1. The molecule has 0 unspecified atom stereocenters. The number of thiazole rings is 1. The molecule has 5 nitrogen and oxygen atoms in total. The van der Waals surface area contributed by atoms with E-state index >= 15 is 0 Å². The minimum atomic E-state index is -0.00897. The van der Waals surface area contributed by atoms with Crippen LogP contribution in [0, 0.1) is 5.92 Å². The molecular formula is C18H21N3O2S. The van der Waals surface area contributed by atoms with Crippen molar-refractivity contribution in [2.45, 2.75) is 32.2 Å². The Morgan fingerprint density at radius 3 is 2.58 bits per heavy atom. The summed E-state index contributed by atoms with van der Waals surface area (Å²) in [5, 5.41) is 2.94. The van der Waals surface area contributed by atoms with E-state index in [0.717, 1.165) is 54.3 Å². The predicted molar refractivity (Wildman–Crippen MR) is 96.2 cm³/mol. The van der Waals surface area contributed by atoms with Crippen molar-refractivity contribution in [1.82, 2.24) is 9.88 Å². The van der Waals surface area contributed by atoms with Crippen molar-refractivity contribution >= 4 is 22.9 Å². The Morgan fingerprint density at radius 1 is 1.21 bits per heavy atom. The van der Waals surface area contributed by atoms with Crippen molar-refractivity contribution in [2.24, 2.45) is 5.92 Å². The Balaban J connectivity index is 1.52. The van der Waals surface area contributed by atoms with Gasteiger partial charge in [0.2, 0.25) is 5.91 Å². The summed E-state index contributed by atoms with van der Waals surface area (Å²) in [5.41, 5.74) is 2.72. The second-order valence-corrected chi connectivity index (χ2v) is 7.70. The number of carbonyl (C=O) groups is 1. The number of aromatic amines is 1. The lowest BCUT2D eigenvalue weighted by Crippen LogP contribution is -2.18. The standard InChI is InChI=1S/C18H21N3O2S/c22-17(13-3-4-13)19-14-7-5-12(6-8-14)16-15(24-18(23)20-16)11-21-9-1-2-10-21/h5-8,13H,1-4,9-11H2,(H,19,22)(H,20,23). The van der Waals surface area contributed by atoms with Gasteiger partial charge in [0.15, 0.2) is 0 Å². The van der Waals surface area contributed by atoms with Gasteiger partial charge in [-0.1, -0.05) is 23.5 Å². The molecule has 2 heterocycles. The quantitative estimate of drug-likeness (QED) is 0.877. The summed E-state index contributed by atoms with van der Waals surface area (Å²) in [6.07, 6.45) is 4.48. The second-order valence-electron chi connectivity index (χ2n) is 6.64. The molecule has 1 saturated heterocycles. The molecule has 1 aromatic heterocycles. The first kappa shape index (κ1) is 15.6. The molecule has 1 aliphatic heterocycles. The zero-order valence-electron chi connectivity index (χ0n) is 13.5. The van der Waals surface area contributed by atoms with Crippen LogP contribution in [0.1, 0.15) is 30.6 Å². The first-order valence-electron chi connectivity index (χ1n) is 8.55. The van der Waals surface area contributed by atoms with Crippen LogP contribution < -0.4 is 10.2 Å². The summed E-state index contributed by atoms with van der Waals surface area (Å²) in [6.45, 7) is 3.05. The van der Waals surface area contributed by atoms with Crippen molar-refractivity contribution in [3.63, 3.8) is 0 Å². The largest absolute Gasteiger partial charge is 0.326 e. The molecule has 2 N–H and O–H groups in total. The molecule has 2 aromatic rings. The average Bonchev–Trinajstić information content (AvgIpc) is 3.20. The molecule has 126 valence electrons. The normalized spacial score (nSPS) is 18.0. The predicted octanol–water partition coefficient (Wildman–Crippen LogP) is 3.05. The molecule has 1 amide bonds. The monoisotopic (exact) mass is 343 g/mol. The Labute approximate surface area is 144 Å². The molecule has 2 fully saturated rings. The average molecular weight is 343 g/mol. The third-order valence-electron chi connectivity index (χ3n) is 4.68. The molecule has 1 saturated carbocycles. The van der Waals surface area contributed by atoms with Gasteiger partial charge in [-0.2, -0.15) is 0 Å². The van der Waals surface area contributed by atoms with E-state index in [1.54, 1.807) is 0 Å². The molecule has 24 heavy (non-hydrogen) atoms. The van der Waals surface area contributed by atoms with Crippen molar-refractivity contribution in [3.05, 3.63) is 38.8 Å². The zero-order valence-corrected chi connectivity index (χ0v) is 14.3. The smallest absolute Gasteiger partial charge is 0.305 e. The molecule has 1 aromatic carbocycles. The van der Waals surface area contributed by atoms with E-state index in [1.165, 1.54) is 24.2 Å². The van der Waals surface area contributed by atoms with E-state index in [1.807, 2.05) is 24.3 Å². The number of aromatic nitrogens is 1. The van der Waals surface area contributed by atoms with Gasteiger partial charge in [-0.15, -0.1) is 0 Å². The van der Waals surface area contributed by atoms with Gasteiger partial charge in [-0.25, -0.2) is 0 Å². The highest BCUT2D eigenvalue weighted by Crippen LogP contribution is 2.31. The van der Waals surface area contributed by atoms with E-state index in [-0.39, 0.29) is 16.7 Å². The number of rotatable bonds is 5. The summed E-state index contributed by atoms with van der Waals surface area (Å²) < 4.78 is 0. The molecule has 1 aliphatic carbocycles. The molecule has 0 spiro atoms. The molecule has 4 rings (SSSR count). The fourth-order valence-electron chi connectivity index (χ4n) is 3.16. The Hall–Kier alpha value is -1.92. The molecule has 6 heteroatoms. The number of anilines is 1. The minimum Gasteiger partial charge on any atom is -0.326 e. The maximum atomic E-state index is 11.8. The highest BCUT2D eigenvalue weighted by molar-refractivity contribution is 7.09. The summed E-state index contributed by atoms with van der Waals surface area (Å²) in [5.74, 6) is 0.311. The van der Waals surface area contributed by atoms with E-state index in [9.17, 15) is 9.59 Å². The van der Waals surface area contributed by atoms with E-state index in [2.05, 4.69) is 15.2 Å². The van der Waals surface area contributed by atoms with Crippen molar-refractivity contribution in [2.75, 3.05) is 18.4 Å². The maximum absolute atomic E-state index is 11.8. The van der Waals surface area contributed by atoms with Gasteiger partial charge in [-0.05, 0) is 56.5 Å². The Kier molecular flexibility index (Phi) is 4.24. The van der Waals surface area contributed by atoms with Crippen LogP contribution >= 0.6 is 11.3 Å². The second kappa shape index (κ2) is 6.53. The zero-order chi connectivity index (χ0) is 16.5. The van der Waals surface area contributed by atoms with Gasteiger partial charge in [-0.3, -0.25) is 14.5 Å². The molecule has 0 radical (unpaired) electrons. The van der Waals surface area contributed by atoms with E-state index in [0.29, 0.717) is 0 Å². The van der Waals surface area contributed by atoms with Crippen LogP contribution in [0.2, 0.25) is 0 Å². The van der Waals surface area contributed by atoms with Crippen molar-refractivity contribution < 1.29 is 4.79 Å². The Bertz CT molecular complexity index is 783. The molecule has 0 atom stereocenters. The van der Waals surface area contributed by atoms with Crippen LogP contribution in [0.5, 0.6) is 0 Å². The van der Waals surface area contributed by atoms with Crippen LogP contribution in [-0.4, -0.2) is 28.9 Å². The lowest BCUT2D eigenvalue weighted by Gasteiger charge is -2.14. The van der Waals surface area contributed by atoms with Crippen LogP contribution in [0.4, 0.5) is 5.69 Å². The third kappa shape index (κ3) is 3.44. The minimum absolute atomic E-state index is 0.00897. The molecule has 2 aliphatic rings. The van der Waals surface area contributed by atoms with Crippen LogP contribution in [0.15, 0.2) is 29.1 Å². The first-order chi connectivity index (χ1) is 11.7. The fraction of sp³-hybridized carbons (Fsp3) is 0.444. The van der Waals surface area contributed by atoms with Crippen LogP contribution in [0.3, 0.4) is 0 Å². The summed E-state index contributed by atoms with van der Waals surface area (Å²) in [7, 11) is 0. The topological polar surface area (TPSA) is 65.2 Å². The van der Waals surface area contributed by atoms with Gasteiger partial charge in [0.1, 0.15) is 0 Å². The molecular weight excluding hydrogens is 322 g/mol. The van der Waals surface area contributed by atoms with E-state index in [4.69, 9.17) is 0 Å². The first-order valence-corrected chi connectivity index (χ1v) is 9.36. The number of carbonyl (C=O) groups excluding carboxylic acids is 1. The van der Waals surface area contributed by atoms with E-state index < -0.39 is 0 Å². The van der Waals surface area contributed by atoms with Gasteiger partial charge in [0.25, 0.3) is 0 Å². The molecule has 0 bridgehead atoms. The Morgan fingerprint density at radius 2 is 1.92 bits per heavy atom. The summed E-state index contributed by atoms with van der Waals surface area (Å²) in [6, 6.07) is 7.75. The number of likely N-dealkylation sites (tertiary alicyclic amines) is 1. The van der Waals surface area contributed by atoms with Gasteiger partial charge in [0, 0.05) is 23.0 Å². The van der Waals surface area contributed by atoms with Crippen LogP contribution in [0.25, 0.3) is 11.3 Å². The SMILES string of the molecule is O=C(Nc1ccc(-c2[nH]c(=O)sc2CN2CCCC2)cc1)C1CC1. The number of hydrogen-bond donors (Lipinski definition) is 2. The number of nitrogens with one attached hydrogen (secondary N) is 2. The third-order valence-corrected chi connectivity index (χ3v) is 5.54. The number of H-pyrrole nitrogens is 1. The lowest BCUT2D eigenvalue weighted by atomic mass is 10.1. The van der Waals surface area contributed by atoms with Crippen molar-refractivity contribution in [1.29, 1.82) is 0 Å². The highest BCUT2D eigenvalue weighted by Gasteiger charge is 2.29. The van der Waals surface area contributed by atoms with Gasteiger partial charge >= 0.3 is 4.87 Å². The van der Waals surface area contributed by atoms with Gasteiger partial charge < -0.3 is 10.3 Å². The fourth-order valence-corrected chi connectivity index (χ4v) is 4.05. The summed E-state index contributed by atoms with van der Waals surface area (Å²) >= 11 is 1.30. The van der Waals surface area contributed by atoms with Gasteiger partial charge in [0.05, 0.1) is 5.69 Å². The highest BCUT2D eigenvalue weighted by atomic mass is 32.1. The maximum Gasteiger partial charge on any atom is 0.305 e. The van der Waals surface area contributed by atoms with Crippen LogP contribution in [-0.2, 0) is 11.3 Å².